The van der Waals surface area contributed by atoms with E-state index in [-0.39, 0.29) is 18.6 Å². The number of carbonyl (C=O) groups excluding carboxylic acids is 1. The highest BCUT2D eigenvalue weighted by molar-refractivity contribution is 5.77. The molecule has 0 fully saturated rings. The van der Waals surface area contributed by atoms with Crippen LogP contribution in [-0.2, 0) is 4.79 Å². The maximum absolute atomic E-state index is 11.6. The number of methoxy groups -OCH3 is 1. The monoisotopic (exact) mass is 262 g/mol. The minimum atomic E-state index is -0.180. The molecule has 0 heterocycles. The largest absolute Gasteiger partial charge is 0.493 e. The smallest absolute Gasteiger partial charge is 0.258 e. The van der Waals surface area contributed by atoms with Gasteiger partial charge in [-0.05, 0) is 25.5 Å². The SMILES string of the molecule is CCC(C)NC(=O)COc1ccc(C#N)cc1OC. The molecule has 19 heavy (non-hydrogen) atoms. The highest BCUT2D eigenvalue weighted by Crippen LogP contribution is 2.27. The molecule has 1 aromatic rings. The molecule has 0 saturated carbocycles. The standard InChI is InChI=1S/C14H18N2O3/c1-4-10(2)16-14(17)9-19-12-6-5-11(8-15)7-13(12)18-3/h5-7,10H,4,9H2,1-3H3,(H,16,17). The number of nitrogens with one attached hydrogen (secondary N) is 1. The van der Waals surface area contributed by atoms with Crippen molar-refractivity contribution in [2.45, 2.75) is 26.3 Å². The van der Waals surface area contributed by atoms with Crippen LogP contribution in [0.5, 0.6) is 11.5 Å². The first-order chi connectivity index (χ1) is 9.10. The molecule has 1 atom stereocenters. The third-order valence-corrected chi connectivity index (χ3v) is 2.67. The normalized spacial score (nSPS) is 11.3. The van der Waals surface area contributed by atoms with Gasteiger partial charge in [0.1, 0.15) is 0 Å². The fraction of sp³-hybridized carbons (Fsp3) is 0.429. The minimum Gasteiger partial charge on any atom is -0.493 e. The molecule has 0 bridgehead atoms. The van der Waals surface area contributed by atoms with Crippen molar-refractivity contribution in [1.82, 2.24) is 5.32 Å². The molecule has 0 aliphatic carbocycles. The van der Waals surface area contributed by atoms with Crippen LogP contribution in [0.2, 0.25) is 0 Å². The summed E-state index contributed by atoms with van der Waals surface area (Å²) in [5, 5.41) is 11.6. The molecule has 0 radical (unpaired) electrons. The Morgan fingerprint density at radius 3 is 2.79 bits per heavy atom. The zero-order chi connectivity index (χ0) is 14.3. The van der Waals surface area contributed by atoms with Crippen LogP contribution in [0.15, 0.2) is 18.2 Å². The average Bonchev–Trinajstić information content (AvgIpc) is 2.44. The molecule has 102 valence electrons. The summed E-state index contributed by atoms with van der Waals surface area (Å²) in [5.41, 5.74) is 0.480. The van der Waals surface area contributed by atoms with E-state index in [1.165, 1.54) is 7.11 Å². The van der Waals surface area contributed by atoms with E-state index in [0.717, 1.165) is 6.42 Å². The number of amides is 1. The van der Waals surface area contributed by atoms with E-state index in [1.54, 1.807) is 18.2 Å². The Kier molecular flexibility index (Phi) is 5.68. The van der Waals surface area contributed by atoms with Gasteiger partial charge in [0, 0.05) is 12.1 Å². The molecule has 5 nitrogen and oxygen atoms in total. The molecule has 1 N–H and O–H groups in total. The first-order valence-corrected chi connectivity index (χ1v) is 6.11. The molecular formula is C14H18N2O3. The predicted molar refractivity (Wildman–Crippen MR) is 71.1 cm³/mol. The van der Waals surface area contributed by atoms with Gasteiger partial charge in [-0.25, -0.2) is 0 Å². The Morgan fingerprint density at radius 2 is 2.21 bits per heavy atom. The number of nitrogens with zero attached hydrogens (tertiary/aromatic N) is 1. The molecule has 0 aliphatic rings. The number of hydrogen-bond acceptors (Lipinski definition) is 4. The van der Waals surface area contributed by atoms with Gasteiger partial charge in [0.25, 0.3) is 5.91 Å². The average molecular weight is 262 g/mol. The highest BCUT2D eigenvalue weighted by Gasteiger charge is 2.10. The molecule has 1 aromatic carbocycles. The third kappa shape index (κ3) is 4.51. The van der Waals surface area contributed by atoms with E-state index in [9.17, 15) is 4.79 Å². The second kappa shape index (κ2) is 7.27. The van der Waals surface area contributed by atoms with Crippen LogP contribution in [0.25, 0.3) is 0 Å². The fourth-order valence-corrected chi connectivity index (χ4v) is 1.42. The van der Waals surface area contributed by atoms with Crippen molar-refractivity contribution in [3.05, 3.63) is 23.8 Å². The topological polar surface area (TPSA) is 71.3 Å². The lowest BCUT2D eigenvalue weighted by atomic mass is 10.2. The number of rotatable bonds is 6. The van der Waals surface area contributed by atoms with E-state index in [2.05, 4.69) is 5.32 Å². The quantitative estimate of drug-likeness (QED) is 0.849. The van der Waals surface area contributed by atoms with Gasteiger partial charge in [0.05, 0.1) is 18.7 Å². The minimum absolute atomic E-state index is 0.0768. The van der Waals surface area contributed by atoms with Gasteiger partial charge in [-0.3, -0.25) is 4.79 Å². The van der Waals surface area contributed by atoms with E-state index in [0.29, 0.717) is 17.1 Å². The van der Waals surface area contributed by atoms with Crippen molar-refractivity contribution in [2.24, 2.45) is 0 Å². The lowest BCUT2D eigenvalue weighted by molar-refractivity contribution is -0.123. The highest BCUT2D eigenvalue weighted by atomic mass is 16.5. The van der Waals surface area contributed by atoms with Crippen LogP contribution < -0.4 is 14.8 Å². The Bertz CT molecular complexity index is 480. The zero-order valence-corrected chi connectivity index (χ0v) is 11.4. The second-order valence-corrected chi connectivity index (χ2v) is 4.14. The van der Waals surface area contributed by atoms with Gasteiger partial charge in [0.2, 0.25) is 0 Å². The lowest BCUT2D eigenvalue weighted by Crippen LogP contribution is -2.35. The van der Waals surface area contributed by atoms with Crippen LogP contribution in [0, 0.1) is 11.3 Å². The predicted octanol–water partition coefficient (Wildman–Crippen LogP) is 1.86. The number of nitriles is 1. The number of benzene rings is 1. The Balaban J connectivity index is 2.63. The van der Waals surface area contributed by atoms with Crippen LogP contribution in [0.4, 0.5) is 0 Å². The molecule has 1 rings (SSSR count). The molecule has 0 spiro atoms. The lowest BCUT2D eigenvalue weighted by Gasteiger charge is -2.13. The van der Waals surface area contributed by atoms with Crippen molar-refractivity contribution < 1.29 is 14.3 Å². The fourth-order valence-electron chi connectivity index (χ4n) is 1.42. The number of hydrogen-bond donors (Lipinski definition) is 1. The Morgan fingerprint density at radius 1 is 1.47 bits per heavy atom. The summed E-state index contributed by atoms with van der Waals surface area (Å²) in [4.78, 5) is 11.6. The molecule has 0 aromatic heterocycles. The van der Waals surface area contributed by atoms with Gasteiger partial charge in [-0.1, -0.05) is 6.92 Å². The molecular weight excluding hydrogens is 244 g/mol. The van der Waals surface area contributed by atoms with Crippen molar-refractivity contribution >= 4 is 5.91 Å². The molecule has 1 amide bonds. The molecule has 0 saturated heterocycles. The van der Waals surface area contributed by atoms with Gasteiger partial charge in [0.15, 0.2) is 18.1 Å². The summed E-state index contributed by atoms with van der Waals surface area (Å²) in [5.74, 6) is 0.706. The first-order valence-electron chi connectivity index (χ1n) is 6.11. The summed E-state index contributed by atoms with van der Waals surface area (Å²) in [7, 11) is 1.49. The Hall–Kier alpha value is -2.22. The van der Waals surface area contributed by atoms with E-state index in [4.69, 9.17) is 14.7 Å². The van der Waals surface area contributed by atoms with E-state index >= 15 is 0 Å². The van der Waals surface area contributed by atoms with Crippen LogP contribution in [0.3, 0.4) is 0 Å². The van der Waals surface area contributed by atoms with Gasteiger partial charge < -0.3 is 14.8 Å². The van der Waals surface area contributed by atoms with Crippen LogP contribution >= 0.6 is 0 Å². The third-order valence-electron chi connectivity index (χ3n) is 2.67. The van der Waals surface area contributed by atoms with E-state index in [1.807, 2.05) is 19.9 Å². The summed E-state index contributed by atoms with van der Waals surface area (Å²) in [6.07, 6.45) is 0.867. The summed E-state index contributed by atoms with van der Waals surface area (Å²) < 4.78 is 10.5. The van der Waals surface area contributed by atoms with Crippen LogP contribution in [-0.4, -0.2) is 25.7 Å². The number of carbonyl (C=O) groups is 1. The van der Waals surface area contributed by atoms with Crippen molar-refractivity contribution in [3.63, 3.8) is 0 Å². The summed E-state index contributed by atoms with van der Waals surface area (Å²) in [6.45, 7) is 3.85. The summed E-state index contributed by atoms with van der Waals surface area (Å²) in [6, 6.07) is 6.94. The van der Waals surface area contributed by atoms with E-state index < -0.39 is 0 Å². The van der Waals surface area contributed by atoms with Gasteiger partial charge >= 0.3 is 0 Å². The van der Waals surface area contributed by atoms with Crippen molar-refractivity contribution in [3.8, 4) is 17.6 Å². The van der Waals surface area contributed by atoms with Crippen molar-refractivity contribution in [2.75, 3.05) is 13.7 Å². The second-order valence-electron chi connectivity index (χ2n) is 4.14. The van der Waals surface area contributed by atoms with Gasteiger partial charge in [-0.15, -0.1) is 0 Å². The van der Waals surface area contributed by atoms with Crippen LogP contribution in [0.1, 0.15) is 25.8 Å². The zero-order valence-electron chi connectivity index (χ0n) is 11.4. The van der Waals surface area contributed by atoms with Crippen molar-refractivity contribution in [1.29, 1.82) is 5.26 Å². The summed E-state index contributed by atoms with van der Waals surface area (Å²) >= 11 is 0. The molecule has 0 aliphatic heterocycles. The maximum Gasteiger partial charge on any atom is 0.258 e. The molecule has 5 heteroatoms. The van der Waals surface area contributed by atoms with Gasteiger partial charge in [-0.2, -0.15) is 5.26 Å². The Labute approximate surface area is 113 Å². The molecule has 1 unspecified atom stereocenters. The maximum atomic E-state index is 11.6. The number of ether oxygens (including phenoxy) is 2. The first kappa shape index (κ1) is 14.8.